The van der Waals surface area contributed by atoms with E-state index in [0.717, 1.165) is 18.8 Å². The molecule has 90 valence electrons. The Morgan fingerprint density at radius 1 is 1.19 bits per heavy atom. The van der Waals surface area contributed by atoms with Gasteiger partial charge in [0.2, 0.25) is 9.74 Å². The van der Waals surface area contributed by atoms with Crippen LogP contribution in [-0.4, -0.2) is 23.1 Å². The summed E-state index contributed by atoms with van der Waals surface area (Å²) in [5.41, 5.74) is 1.20. The molecular weight excluding hydrogens is 268 g/mol. The summed E-state index contributed by atoms with van der Waals surface area (Å²) < 4.78 is -1.50. The third-order valence-electron chi connectivity index (χ3n) is 2.18. The molecule has 0 fully saturated rings. The van der Waals surface area contributed by atoms with E-state index in [1.165, 1.54) is 0 Å². The Bertz CT molecular complexity index is 359. The number of hydrogen-bond donors (Lipinski definition) is 0. The maximum Gasteiger partial charge on any atom is 0.232 e. The molecule has 0 aliphatic rings. The second-order valence-electron chi connectivity index (χ2n) is 3.36. The van der Waals surface area contributed by atoms with Gasteiger partial charge in [-0.1, -0.05) is 34.8 Å². The molecule has 0 aromatic carbocycles. The minimum atomic E-state index is -1.50. The van der Waals surface area contributed by atoms with Gasteiger partial charge >= 0.3 is 0 Å². The van der Waals surface area contributed by atoms with Crippen LogP contribution in [0, 0.1) is 6.92 Å². The van der Waals surface area contributed by atoms with E-state index < -0.39 is 3.79 Å². The van der Waals surface area contributed by atoms with Crippen molar-refractivity contribution in [2.75, 3.05) is 18.0 Å². The van der Waals surface area contributed by atoms with Crippen LogP contribution in [0.1, 0.15) is 25.2 Å². The van der Waals surface area contributed by atoms with Crippen molar-refractivity contribution >= 4 is 40.8 Å². The van der Waals surface area contributed by atoms with Crippen LogP contribution in [0.4, 0.5) is 5.95 Å². The maximum atomic E-state index is 5.82. The molecule has 3 nitrogen and oxygen atoms in total. The zero-order valence-corrected chi connectivity index (χ0v) is 11.7. The first-order valence-corrected chi connectivity index (χ1v) is 6.19. The van der Waals surface area contributed by atoms with Gasteiger partial charge in [-0.3, -0.25) is 0 Å². The molecule has 0 atom stereocenters. The lowest BCUT2D eigenvalue weighted by Crippen LogP contribution is -2.25. The van der Waals surface area contributed by atoms with Crippen molar-refractivity contribution < 1.29 is 0 Å². The van der Waals surface area contributed by atoms with Crippen molar-refractivity contribution in [3.05, 3.63) is 17.5 Å². The number of halogens is 3. The molecule has 0 N–H and O–H groups in total. The lowest BCUT2D eigenvalue weighted by molar-refractivity contribution is 0.806. The van der Waals surface area contributed by atoms with Crippen LogP contribution in [0.15, 0.2) is 6.07 Å². The van der Waals surface area contributed by atoms with Gasteiger partial charge in [0.1, 0.15) is 0 Å². The molecular formula is C10H14Cl3N3. The first-order chi connectivity index (χ1) is 7.38. The van der Waals surface area contributed by atoms with E-state index in [1.54, 1.807) is 6.07 Å². The molecule has 1 heterocycles. The highest BCUT2D eigenvalue weighted by atomic mass is 35.6. The van der Waals surface area contributed by atoms with Crippen molar-refractivity contribution in [2.45, 2.75) is 24.6 Å². The lowest BCUT2D eigenvalue weighted by Gasteiger charge is -2.20. The van der Waals surface area contributed by atoms with E-state index >= 15 is 0 Å². The lowest BCUT2D eigenvalue weighted by atomic mass is 10.3. The average Bonchev–Trinajstić information content (AvgIpc) is 2.17. The molecule has 0 amide bonds. The van der Waals surface area contributed by atoms with Crippen LogP contribution < -0.4 is 4.90 Å². The summed E-state index contributed by atoms with van der Waals surface area (Å²) in [7, 11) is 0. The Hall–Kier alpha value is -0.250. The van der Waals surface area contributed by atoms with Gasteiger partial charge in [-0.05, 0) is 26.8 Å². The molecule has 6 heteroatoms. The molecule has 0 aliphatic heterocycles. The molecule has 16 heavy (non-hydrogen) atoms. The summed E-state index contributed by atoms with van der Waals surface area (Å²) in [5, 5.41) is 0. The molecule has 1 rings (SSSR count). The Labute approximate surface area is 111 Å². The molecule has 0 radical (unpaired) electrons. The number of aryl methyl sites for hydroxylation is 1. The van der Waals surface area contributed by atoms with Crippen molar-refractivity contribution in [1.29, 1.82) is 0 Å². The van der Waals surface area contributed by atoms with E-state index in [2.05, 4.69) is 9.97 Å². The fourth-order valence-electron chi connectivity index (χ4n) is 1.35. The Morgan fingerprint density at radius 2 is 1.75 bits per heavy atom. The van der Waals surface area contributed by atoms with E-state index in [4.69, 9.17) is 34.8 Å². The van der Waals surface area contributed by atoms with Gasteiger partial charge in [-0.25, -0.2) is 9.97 Å². The Morgan fingerprint density at radius 3 is 2.19 bits per heavy atom. The molecule has 0 saturated heterocycles. The summed E-state index contributed by atoms with van der Waals surface area (Å²) in [6.07, 6.45) is 0. The quantitative estimate of drug-likeness (QED) is 0.795. The van der Waals surface area contributed by atoms with Crippen LogP contribution >= 0.6 is 34.8 Å². The summed E-state index contributed by atoms with van der Waals surface area (Å²) in [6, 6.07) is 1.68. The van der Waals surface area contributed by atoms with Crippen LogP contribution in [0.3, 0.4) is 0 Å². The second-order valence-corrected chi connectivity index (χ2v) is 5.65. The summed E-state index contributed by atoms with van der Waals surface area (Å²) in [4.78, 5) is 10.6. The van der Waals surface area contributed by atoms with E-state index in [-0.39, 0.29) is 0 Å². The van der Waals surface area contributed by atoms with Gasteiger partial charge in [0.05, 0.1) is 5.69 Å². The van der Waals surface area contributed by atoms with Gasteiger partial charge in [-0.2, -0.15) is 0 Å². The summed E-state index contributed by atoms with van der Waals surface area (Å²) in [5.74, 6) is 0.603. The SMILES string of the molecule is CCN(CC)c1nc(C)cc(C(Cl)(Cl)Cl)n1. The van der Waals surface area contributed by atoms with E-state index in [0.29, 0.717) is 11.6 Å². The van der Waals surface area contributed by atoms with Crippen molar-refractivity contribution in [1.82, 2.24) is 9.97 Å². The molecule has 0 aliphatic carbocycles. The van der Waals surface area contributed by atoms with Crippen molar-refractivity contribution in [3.8, 4) is 0 Å². The molecule has 0 bridgehead atoms. The highest BCUT2D eigenvalue weighted by Crippen LogP contribution is 2.37. The second kappa shape index (κ2) is 5.39. The normalized spacial score (nSPS) is 11.6. The minimum absolute atomic E-state index is 0.409. The monoisotopic (exact) mass is 281 g/mol. The van der Waals surface area contributed by atoms with Crippen molar-refractivity contribution in [2.24, 2.45) is 0 Å². The Balaban J connectivity index is 3.17. The third kappa shape index (κ3) is 3.37. The number of anilines is 1. The van der Waals surface area contributed by atoms with Crippen molar-refractivity contribution in [3.63, 3.8) is 0 Å². The maximum absolute atomic E-state index is 5.82. The van der Waals surface area contributed by atoms with Gasteiger partial charge in [-0.15, -0.1) is 0 Å². The average molecular weight is 283 g/mol. The van der Waals surface area contributed by atoms with Gasteiger partial charge in [0.25, 0.3) is 0 Å². The van der Waals surface area contributed by atoms with Gasteiger partial charge < -0.3 is 4.90 Å². The van der Waals surface area contributed by atoms with E-state index in [1.807, 2.05) is 25.7 Å². The smallest absolute Gasteiger partial charge is 0.232 e. The number of aromatic nitrogens is 2. The first kappa shape index (κ1) is 13.8. The van der Waals surface area contributed by atoms with Crippen LogP contribution in [0.2, 0.25) is 0 Å². The molecule has 0 spiro atoms. The minimum Gasteiger partial charge on any atom is -0.341 e. The zero-order chi connectivity index (χ0) is 12.3. The highest BCUT2D eigenvalue weighted by molar-refractivity contribution is 6.66. The van der Waals surface area contributed by atoms with Crippen LogP contribution in [-0.2, 0) is 3.79 Å². The van der Waals surface area contributed by atoms with Crippen LogP contribution in [0.25, 0.3) is 0 Å². The van der Waals surface area contributed by atoms with Gasteiger partial charge in [0, 0.05) is 18.8 Å². The van der Waals surface area contributed by atoms with Crippen LogP contribution in [0.5, 0.6) is 0 Å². The van der Waals surface area contributed by atoms with E-state index in [9.17, 15) is 0 Å². The Kier molecular flexibility index (Phi) is 4.65. The standard InChI is InChI=1S/C10H14Cl3N3/c1-4-16(5-2)9-14-7(3)6-8(15-9)10(11,12)13/h6H,4-5H2,1-3H3. The molecule has 1 aromatic rings. The number of alkyl halides is 3. The topological polar surface area (TPSA) is 29.0 Å². The van der Waals surface area contributed by atoms with Gasteiger partial charge in [0.15, 0.2) is 0 Å². The number of nitrogens with zero attached hydrogens (tertiary/aromatic N) is 3. The predicted octanol–water partition coefficient (Wildman–Crippen LogP) is 3.46. The predicted molar refractivity (Wildman–Crippen MR) is 69.6 cm³/mol. The summed E-state index contributed by atoms with van der Waals surface area (Å²) >= 11 is 17.4. The number of rotatable bonds is 3. The molecule has 0 unspecified atom stereocenters. The molecule has 0 saturated carbocycles. The number of hydrogen-bond acceptors (Lipinski definition) is 3. The summed E-state index contributed by atoms with van der Waals surface area (Å²) in [6.45, 7) is 7.56. The highest BCUT2D eigenvalue weighted by Gasteiger charge is 2.26. The fraction of sp³-hybridized carbons (Fsp3) is 0.600. The largest absolute Gasteiger partial charge is 0.341 e. The fourth-order valence-corrected chi connectivity index (χ4v) is 1.64. The third-order valence-corrected chi connectivity index (χ3v) is 2.76. The molecule has 1 aromatic heterocycles. The first-order valence-electron chi connectivity index (χ1n) is 5.06. The zero-order valence-electron chi connectivity index (χ0n) is 9.47.